The van der Waals surface area contributed by atoms with Gasteiger partial charge in [0.2, 0.25) is 0 Å². The molecule has 0 radical (unpaired) electrons. The molecule has 2 aromatic rings. The van der Waals surface area contributed by atoms with Gasteiger partial charge in [0, 0.05) is 19.1 Å². The van der Waals surface area contributed by atoms with Crippen LogP contribution < -0.4 is 10.6 Å². The molecule has 112 valence electrons. The average Bonchev–Trinajstić information content (AvgIpc) is 2.90. The third-order valence-electron chi connectivity index (χ3n) is 4.24. The molecule has 1 aliphatic heterocycles. The summed E-state index contributed by atoms with van der Waals surface area (Å²) in [7, 11) is 4.33. The Morgan fingerprint density at radius 1 is 1.19 bits per heavy atom. The molecule has 3 rings (SSSR count). The third kappa shape index (κ3) is 2.89. The van der Waals surface area contributed by atoms with Crippen LogP contribution >= 0.6 is 11.5 Å². The molecule has 0 unspecified atom stereocenters. The molecule has 0 aliphatic carbocycles. The topological polar surface area (TPSA) is 45.4 Å². The zero-order valence-electron chi connectivity index (χ0n) is 12.6. The lowest BCUT2D eigenvalue weighted by Gasteiger charge is -2.36. The minimum absolute atomic E-state index is 0.649. The molecule has 0 amide bonds. The molecular formula is C16H22N4S. The van der Waals surface area contributed by atoms with Crippen LogP contribution in [0.25, 0.3) is 11.1 Å². The first-order valence-electron chi connectivity index (χ1n) is 7.38. The number of nitrogens with zero attached hydrogens (tertiary/aromatic N) is 3. The molecule has 0 bridgehead atoms. The fourth-order valence-electron chi connectivity index (χ4n) is 2.97. The number of hydrogen-bond donors (Lipinski definition) is 1. The number of piperidine rings is 1. The van der Waals surface area contributed by atoms with E-state index in [-0.39, 0.29) is 0 Å². The largest absolute Gasteiger partial charge is 0.382 e. The van der Waals surface area contributed by atoms with Crippen LogP contribution in [0.5, 0.6) is 0 Å². The van der Waals surface area contributed by atoms with Crippen molar-refractivity contribution in [3.63, 3.8) is 0 Å². The summed E-state index contributed by atoms with van der Waals surface area (Å²) < 4.78 is 4.39. The van der Waals surface area contributed by atoms with Gasteiger partial charge in [0.1, 0.15) is 10.8 Å². The standard InChI is InChI=1S/C16H22N4S/c1-19(2)13-8-10-20(11-9-13)16-14(15(17)18-21-16)12-6-4-3-5-7-12/h3-7,13H,8-11H2,1-2H3,(H2,17,18). The highest BCUT2D eigenvalue weighted by atomic mass is 32.1. The van der Waals surface area contributed by atoms with E-state index in [9.17, 15) is 0 Å². The highest BCUT2D eigenvalue weighted by Gasteiger charge is 2.25. The Balaban J connectivity index is 1.85. The number of anilines is 2. The summed E-state index contributed by atoms with van der Waals surface area (Å²) >= 11 is 1.52. The molecule has 1 aliphatic rings. The van der Waals surface area contributed by atoms with E-state index in [4.69, 9.17) is 5.73 Å². The first kappa shape index (κ1) is 14.4. The molecule has 4 nitrogen and oxygen atoms in total. The van der Waals surface area contributed by atoms with Crippen molar-refractivity contribution in [3.05, 3.63) is 30.3 Å². The van der Waals surface area contributed by atoms with E-state index in [1.807, 2.05) is 6.07 Å². The number of nitrogens with two attached hydrogens (primary N) is 1. The summed E-state index contributed by atoms with van der Waals surface area (Å²) in [6.45, 7) is 2.15. The maximum absolute atomic E-state index is 6.12. The van der Waals surface area contributed by atoms with E-state index in [1.54, 1.807) is 0 Å². The second-order valence-corrected chi connectivity index (χ2v) is 6.55. The lowest BCUT2D eigenvalue weighted by Crippen LogP contribution is -2.41. The molecule has 2 heterocycles. The van der Waals surface area contributed by atoms with Crippen LogP contribution in [-0.4, -0.2) is 42.5 Å². The molecule has 1 saturated heterocycles. The van der Waals surface area contributed by atoms with Crippen LogP contribution in [0.15, 0.2) is 30.3 Å². The van der Waals surface area contributed by atoms with Crippen molar-refractivity contribution in [3.8, 4) is 11.1 Å². The average molecular weight is 302 g/mol. The van der Waals surface area contributed by atoms with Gasteiger partial charge >= 0.3 is 0 Å². The molecule has 2 N–H and O–H groups in total. The summed E-state index contributed by atoms with van der Waals surface area (Å²) in [5.41, 5.74) is 8.38. The van der Waals surface area contributed by atoms with Crippen LogP contribution in [0.4, 0.5) is 10.8 Å². The normalized spacial score (nSPS) is 16.6. The SMILES string of the molecule is CN(C)C1CCN(c2snc(N)c2-c2ccccc2)CC1. The van der Waals surface area contributed by atoms with E-state index >= 15 is 0 Å². The van der Waals surface area contributed by atoms with Gasteiger partial charge in [0.25, 0.3) is 0 Å². The van der Waals surface area contributed by atoms with Crippen molar-refractivity contribution in [2.75, 3.05) is 37.8 Å². The molecule has 0 atom stereocenters. The van der Waals surface area contributed by atoms with Gasteiger partial charge in [-0.2, -0.15) is 4.37 Å². The number of nitrogen functional groups attached to an aromatic ring is 1. The van der Waals surface area contributed by atoms with Crippen molar-refractivity contribution < 1.29 is 0 Å². The number of rotatable bonds is 3. The van der Waals surface area contributed by atoms with E-state index in [2.05, 4.69) is 52.5 Å². The fraction of sp³-hybridized carbons (Fsp3) is 0.438. The summed E-state index contributed by atoms with van der Waals surface area (Å²) in [5, 5.41) is 1.22. The highest BCUT2D eigenvalue weighted by Crippen LogP contribution is 2.40. The smallest absolute Gasteiger partial charge is 0.147 e. The second-order valence-electron chi connectivity index (χ2n) is 5.80. The predicted octanol–water partition coefficient (Wildman–Crippen LogP) is 2.92. The highest BCUT2D eigenvalue weighted by molar-refractivity contribution is 7.11. The minimum atomic E-state index is 0.649. The van der Waals surface area contributed by atoms with E-state index < -0.39 is 0 Å². The number of hydrogen-bond acceptors (Lipinski definition) is 5. The second kappa shape index (κ2) is 6.03. The number of benzene rings is 1. The van der Waals surface area contributed by atoms with Crippen LogP contribution in [-0.2, 0) is 0 Å². The van der Waals surface area contributed by atoms with Crippen LogP contribution in [0, 0.1) is 0 Å². The Morgan fingerprint density at radius 3 is 2.48 bits per heavy atom. The van der Waals surface area contributed by atoms with Gasteiger partial charge < -0.3 is 15.5 Å². The van der Waals surface area contributed by atoms with Gasteiger partial charge in [-0.05, 0) is 44.0 Å². The summed E-state index contributed by atoms with van der Waals surface area (Å²) in [6, 6.07) is 11.0. The zero-order valence-corrected chi connectivity index (χ0v) is 13.4. The van der Waals surface area contributed by atoms with E-state index in [0.29, 0.717) is 11.9 Å². The summed E-state index contributed by atoms with van der Waals surface area (Å²) in [5.74, 6) is 0.649. The van der Waals surface area contributed by atoms with Crippen molar-refractivity contribution in [1.29, 1.82) is 0 Å². The molecule has 0 spiro atoms. The fourth-order valence-corrected chi connectivity index (χ4v) is 3.86. The van der Waals surface area contributed by atoms with Gasteiger partial charge in [-0.25, -0.2) is 0 Å². The Labute approximate surface area is 130 Å². The van der Waals surface area contributed by atoms with Crippen LogP contribution in [0.2, 0.25) is 0 Å². The lowest BCUT2D eigenvalue weighted by molar-refractivity contribution is 0.250. The Hall–Kier alpha value is -1.59. The molecule has 1 fully saturated rings. The Morgan fingerprint density at radius 2 is 1.86 bits per heavy atom. The van der Waals surface area contributed by atoms with Crippen LogP contribution in [0.3, 0.4) is 0 Å². The summed E-state index contributed by atoms with van der Waals surface area (Å²) in [4.78, 5) is 4.77. The molecule has 1 aromatic heterocycles. The van der Waals surface area contributed by atoms with Crippen molar-refractivity contribution in [2.24, 2.45) is 0 Å². The van der Waals surface area contributed by atoms with Crippen molar-refractivity contribution >= 4 is 22.4 Å². The minimum Gasteiger partial charge on any atom is -0.382 e. The summed E-state index contributed by atoms with van der Waals surface area (Å²) in [6.07, 6.45) is 2.39. The lowest BCUT2D eigenvalue weighted by atomic mass is 10.0. The van der Waals surface area contributed by atoms with Crippen molar-refractivity contribution in [2.45, 2.75) is 18.9 Å². The van der Waals surface area contributed by atoms with Gasteiger partial charge in [0.05, 0.1) is 5.56 Å². The first-order chi connectivity index (χ1) is 10.2. The Kier molecular flexibility index (Phi) is 4.12. The molecule has 0 saturated carbocycles. The van der Waals surface area contributed by atoms with Crippen LogP contribution in [0.1, 0.15) is 12.8 Å². The molecular weight excluding hydrogens is 280 g/mol. The number of aromatic nitrogens is 1. The third-order valence-corrected chi connectivity index (χ3v) is 5.17. The van der Waals surface area contributed by atoms with Gasteiger partial charge in [-0.15, -0.1) is 0 Å². The molecule has 1 aromatic carbocycles. The van der Waals surface area contributed by atoms with E-state index in [0.717, 1.165) is 24.2 Å². The maximum Gasteiger partial charge on any atom is 0.147 e. The van der Waals surface area contributed by atoms with Gasteiger partial charge in [-0.3, -0.25) is 0 Å². The predicted molar refractivity (Wildman–Crippen MR) is 90.9 cm³/mol. The first-order valence-corrected chi connectivity index (χ1v) is 8.16. The van der Waals surface area contributed by atoms with Gasteiger partial charge in [-0.1, -0.05) is 30.3 Å². The van der Waals surface area contributed by atoms with Gasteiger partial charge in [0.15, 0.2) is 0 Å². The molecule has 5 heteroatoms. The monoisotopic (exact) mass is 302 g/mol. The zero-order chi connectivity index (χ0) is 14.8. The quantitative estimate of drug-likeness (QED) is 0.947. The maximum atomic E-state index is 6.12. The van der Waals surface area contributed by atoms with Crippen molar-refractivity contribution in [1.82, 2.24) is 9.27 Å². The van der Waals surface area contributed by atoms with E-state index in [1.165, 1.54) is 29.4 Å². The molecule has 21 heavy (non-hydrogen) atoms. The Bertz CT molecular complexity index is 586.